The Morgan fingerprint density at radius 1 is 1.00 bits per heavy atom. The van der Waals surface area contributed by atoms with E-state index in [0.29, 0.717) is 0 Å². The molecule has 2 heterocycles. The summed E-state index contributed by atoms with van der Waals surface area (Å²) in [5, 5.41) is 57.8. The van der Waals surface area contributed by atoms with Gasteiger partial charge in [0.25, 0.3) is 0 Å². The standard InChI is InChI=1S/C12H22O9/c1-4-5(14)2-6(15)12(19-4)21-10-8(16)7(3-13)20-11(18)9(10)17/h4-18H,2-3H2,1H3/t4-,5+,6-,7-,8-,9+,10+,11+,12-/m1/s1. The molecule has 2 saturated heterocycles. The van der Waals surface area contributed by atoms with E-state index < -0.39 is 61.9 Å². The van der Waals surface area contributed by atoms with Gasteiger partial charge in [0, 0.05) is 6.42 Å². The fraction of sp³-hybridized carbons (Fsp3) is 1.00. The lowest BCUT2D eigenvalue weighted by Gasteiger charge is -2.43. The summed E-state index contributed by atoms with van der Waals surface area (Å²) in [5.74, 6) is 0. The molecular weight excluding hydrogens is 288 g/mol. The van der Waals surface area contributed by atoms with Crippen molar-refractivity contribution in [2.24, 2.45) is 0 Å². The van der Waals surface area contributed by atoms with Gasteiger partial charge in [-0.1, -0.05) is 0 Å². The summed E-state index contributed by atoms with van der Waals surface area (Å²) in [7, 11) is 0. The van der Waals surface area contributed by atoms with Gasteiger partial charge < -0.3 is 44.8 Å². The second-order valence-electron chi connectivity index (χ2n) is 5.41. The smallest absolute Gasteiger partial charge is 0.184 e. The highest BCUT2D eigenvalue weighted by atomic mass is 16.7. The molecule has 0 unspecified atom stereocenters. The Kier molecular flexibility index (Phi) is 5.52. The van der Waals surface area contributed by atoms with E-state index in [2.05, 4.69) is 0 Å². The second-order valence-corrected chi connectivity index (χ2v) is 5.41. The van der Waals surface area contributed by atoms with Crippen molar-refractivity contribution in [2.75, 3.05) is 6.61 Å². The zero-order chi connectivity index (χ0) is 15.7. The van der Waals surface area contributed by atoms with Crippen molar-refractivity contribution in [3.63, 3.8) is 0 Å². The molecule has 2 rings (SSSR count). The van der Waals surface area contributed by atoms with Gasteiger partial charge >= 0.3 is 0 Å². The van der Waals surface area contributed by atoms with E-state index >= 15 is 0 Å². The molecule has 124 valence electrons. The van der Waals surface area contributed by atoms with Crippen molar-refractivity contribution in [1.82, 2.24) is 0 Å². The van der Waals surface area contributed by atoms with E-state index in [1.54, 1.807) is 6.92 Å². The predicted octanol–water partition coefficient (Wildman–Crippen LogP) is -3.34. The van der Waals surface area contributed by atoms with Crippen molar-refractivity contribution in [2.45, 2.75) is 68.7 Å². The molecule has 9 atom stereocenters. The van der Waals surface area contributed by atoms with Crippen molar-refractivity contribution in [3.8, 4) is 0 Å². The Bertz CT molecular complexity index is 341. The van der Waals surface area contributed by atoms with Crippen LogP contribution in [0.5, 0.6) is 0 Å². The molecule has 2 aliphatic rings. The first-order chi connectivity index (χ1) is 9.85. The molecule has 2 fully saturated rings. The highest BCUT2D eigenvalue weighted by Gasteiger charge is 2.47. The van der Waals surface area contributed by atoms with Crippen LogP contribution < -0.4 is 0 Å². The zero-order valence-corrected chi connectivity index (χ0v) is 11.5. The molecule has 0 spiro atoms. The number of ether oxygens (including phenoxy) is 3. The minimum Gasteiger partial charge on any atom is -0.394 e. The van der Waals surface area contributed by atoms with E-state index in [0.717, 1.165) is 0 Å². The van der Waals surface area contributed by atoms with Gasteiger partial charge in [-0.15, -0.1) is 0 Å². The molecule has 0 radical (unpaired) electrons. The number of aliphatic hydroxyl groups excluding tert-OH is 6. The van der Waals surface area contributed by atoms with E-state index in [9.17, 15) is 25.5 Å². The zero-order valence-electron chi connectivity index (χ0n) is 11.5. The summed E-state index contributed by atoms with van der Waals surface area (Å²) in [6.07, 6.45) is -10.8. The third kappa shape index (κ3) is 3.52. The third-order valence-corrected chi connectivity index (χ3v) is 3.82. The predicted molar refractivity (Wildman–Crippen MR) is 65.8 cm³/mol. The molecule has 0 bridgehead atoms. The maximum Gasteiger partial charge on any atom is 0.184 e. The number of rotatable bonds is 3. The minimum absolute atomic E-state index is 0.0211. The third-order valence-electron chi connectivity index (χ3n) is 3.82. The van der Waals surface area contributed by atoms with Gasteiger partial charge in [-0.2, -0.15) is 0 Å². The van der Waals surface area contributed by atoms with Crippen molar-refractivity contribution in [3.05, 3.63) is 0 Å². The summed E-state index contributed by atoms with van der Waals surface area (Å²) < 4.78 is 15.5. The molecule has 6 N–H and O–H groups in total. The van der Waals surface area contributed by atoms with E-state index in [1.807, 2.05) is 0 Å². The van der Waals surface area contributed by atoms with Crippen LogP contribution in [0.2, 0.25) is 0 Å². The number of hydrogen-bond acceptors (Lipinski definition) is 9. The van der Waals surface area contributed by atoms with Crippen LogP contribution in [-0.4, -0.2) is 92.6 Å². The topological polar surface area (TPSA) is 149 Å². The van der Waals surface area contributed by atoms with Crippen LogP contribution in [0.15, 0.2) is 0 Å². The Morgan fingerprint density at radius 2 is 1.67 bits per heavy atom. The average Bonchev–Trinajstić information content (AvgIpc) is 2.44. The Labute approximate surface area is 121 Å². The molecule has 9 nitrogen and oxygen atoms in total. The largest absolute Gasteiger partial charge is 0.394 e. The summed E-state index contributed by atoms with van der Waals surface area (Å²) in [6, 6.07) is 0. The molecule has 0 amide bonds. The maximum atomic E-state index is 9.98. The molecular formula is C12H22O9. The van der Waals surface area contributed by atoms with Crippen LogP contribution in [0.4, 0.5) is 0 Å². The van der Waals surface area contributed by atoms with Gasteiger partial charge in [-0.3, -0.25) is 0 Å². The van der Waals surface area contributed by atoms with Crippen molar-refractivity contribution in [1.29, 1.82) is 0 Å². The monoisotopic (exact) mass is 310 g/mol. The molecule has 0 aliphatic carbocycles. The Hall–Kier alpha value is -0.360. The normalized spacial score (nSPS) is 51.9. The first-order valence-electron chi connectivity index (χ1n) is 6.82. The van der Waals surface area contributed by atoms with Gasteiger partial charge in [0.2, 0.25) is 0 Å². The van der Waals surface area contributed by atoms with Crippen LogP contribution in [0.3, 0.4) is 0 Å². The van der Waals surface area contributed by atoms with Gasteiger partial charge in [-0.05, 0) is 6.92 Å². The fourth-order valence-corrected chi connectivity index (χ4v) is 2.45. The highest BCUT2D eigenvalue weighted by Crippen LogP contribution is 2.27. The highest BCUT2D eigenvalue weighted by molar-refractivity contribution is 4.91. The lowest BCUT2D eigenvalue weighted by Crippen LogP contribution is -2.61. The first-order valence-corrected chi connectivity index (χ1v) is 6.82. The summed E-state index contributed by atoms with van der Waals surface area (Å²) >= 11 is 0. The van der Waals surface area contributed by atoms with Crippen molar-refractivity contribution < 1.29 is 44.8 Å². The van der Waals surface area contributed by atoms with Crippen LogP contribution in [-0.2, 0) is 14.2 Å². The fourth-order valence-electron chi connectivity index (χ4n) is 2.45. The maximum absolute atomic E-state index is 9.98. The molecule has 0 aromatic heterocycles. The van der Waals surface area contributed by atoms with E-state index in [4.69, 9.17) is 19.3 Å². The number of aliphatic hydroxyl groups is 6. The Morgan fingerprint density at radius 3 is 2.29 bits per heavy atom. The summed E-state index contributed by atoms with van der Waals surface area (Å²) in [6.45, 7) is 1.02. The molecule has 0 saturated carbocycles. The quantitative estimate of drug-likeness (QED) is 0.314. The van der Waals surface area contributed by atoms with E-state index in [-0.39, 0.29) is 6.42 Å². The molecule has 9 heteroatoms. The molecule has 2 aliphatic heterocycles. The summed E-state index contributed by atoms with van der Waals surface area (Å²) in [4.78, 5) is 0. The molecule has 0 aromatic rings. The number of hydrogen-bond donors (Lipinski definition) is 6. The average molecular weight is 310 g/mol. The van der Waals surface area contributed by atoms with Crippen molar-refractivity contribution >= 4 is 0 Å². The molecule has 0 aromatic carbocycles. The molecule has 21 heavy (non-hydrogen) atoms. The van der Waals surface area contributed by atoms with Crippen LogP contribution in [0.1, 0.15) is 13.3 Å². The van der Waals surface area contributed by atoms with E-state index in [1.165, 1.54) is 0 Å². The SMILES string of the molecule is C[C@H]1O[C@H](O[C@@H]2[C@H](O)[C@@H](O)O[C@H](CO)[C@H]2O)[C@H](O)C[C@@H]1O. The van der Waals surface area contributed by atoms with Gasteiger partial charge in [0.05, 0.1) is 18.8 Å². The van der Waals surface area contributed by atoms with Gasteiger partial charge in [-0.25, -0.2) is 0 Å². The van der Waals surface area contributed by atoms with Crippen LogP contribution in [0.25, 0.3) is 0 Å². The minimum atomic E-state index is -1.64. The van der Waals surface area contributed by atoms with Gasteiger partial charge in [0.1, 0.15) is 30.5 Å². The lowest BCUT2D eigenvalue weighted by molar-refractivity contribution is -0.341. The lowest BCUT2D eigenvalue weighted by atomic mass is 9.98. The van der Waals surface area contributed by atoms with Crippen LogP contribution in [0, 0.1) is 0 Å². The first kappa shape index (κ1) is 17.0. The Balaban J connectivity index is 2.05. The van der Waals surface area contributed by atoms with Gasteiger partial charge in [0.15, 0.2) is 12.6 Å². The van der Waals surface area contributed by atoms with Crippen LogP contribution >= 0.6 is 0 Å². The second kappa shape index (κ2) is 6.82. The summed E-state index contributed by atoms with van der Waals surface area (Å²) in [5.41, 5.74) is 0.